The molecule has 0 fully saturated rings. The zero-order valence-corrected chi connectivity index (χ0v) is 10.3. The van der Waals surface area contributed by atoms with Gasteiger partial charge in [-0.05, 0) is 39.4 Å². The Balaban J connectivity index is 2.71. The minimum Gasteiger partial charge on any atom is -0.324 e. The second kappa shape index (κ2) is 5.07. The molecule has 1 aromatic heterocycles. The van der Waals surface area contributed by atoms with E-state index in [0.717, 1.165) is 17.9 Å². The van der Waals surface area contributed by atoms with Gasteiger partial charge in [0.05, 0.1) is 5.54 Å². The first-order valence-electron chi connectivity index (χ1n) is 5.45. The number of carbonyl (C=O) groups is 1. The fraction of sp³-hybridized carbons (Fsp3) is 0.500. The van der Waals surface area contributed by atoms with Gasteiger partial charge in [0.15, 0.2) is 0 Å². The number of nitrogens with zero attached hydrogens (tertiary/aromatic N) is 1. The van der Waals surface area contributed by atoms with Crippen molar-refractivity contribution in [2.75, 3.05) is 11.9 Å². The van der Waals surface area contributed by atoms with Gasteiger partial charge in [-0.1, -0.05) is 6.92 Å². The van der Waals surface area contributed by atoms with Gasteiger partial charge in [0.1, 0.15) is 0 Å². The molecule has 0 aliphatic rings. The topological polar surface area (TPSA) is 54.0 Å². The number of rotatable bonds is 4. The maximum atomic E-state index is 11.9. The SMILES string of the molecule is CCNC(C)(C)C(=O)Nc1ccnc(C)c1. The van der Waals surface area contributed by atoms with Gasteiger partial charge in [0, 0.05) is 17.6 Å². The summed E-state index contributed by atoms with van der Waals surface area (Å²) in [4.78, 5) is 16.0. The maximum Gasteiger partial charge on any atom is 0.244 e. The Hall–Kier alpha value is -1.42. The molecule has 0 aliphatic heterocycles. The predicted molar refractivity (Wildman–Crippen MR) is 65.4 cm³/mol. The molecule has 1 heterocycles. The number of nitrogens with one attached hydrogen (secondary N) is 2. The molecular formula is C12H19N3O. The summed E-state index contributed by atoms with van der Waals surface area (Å²) < 4.78 is 0. The molecule has 0 radical (unpaired) electrons. The quantitative estimate of drug-likeness (QED) is 0.814. The highest BCUT2D eigenvalue weighted by atomic mass is 16.2. The van der Waals surface area contributed by atoms with Crippen molar-refractivity contribution in [2.24, 2.45) is 0 Å². The monoisotopic (exact) mass is 221 g/mol. The molecule has 1 aromatic rings. The normalized spacial score (nSPS) is 11.2. The molecule has 0 bridgehead atoms. The molecule has 0 spiro atoms. The summed E-state index contributed by atoms with van der Waals surface area (Å²) in [6.07, 6.45) is 1.69. The lowest BCUT2D eigenvalue weighted by molar-refractivity contribution is -0.121. The molecule has 1 amide bonds. The van der Waals surface area contributed by atoms with Crippen LogP contribution in [0.15, 0.2) is 18.3 Å². The standard InChI is InChI=1S/C12H19N3O/c1-5-14-12(3,4)11(16)15-10-6-7-13-9(2)8-10/h6-8,14H,5H2,1-4H3,(H,13,15,16). The first-order valence-corrected chi connectivity index (χ1v) is 5.45. The van der Waals surface area contributed by atoms with Crippen LogP contribution in [-0.2, 0) is 4.79 Å². The van der Waals surface area contributed by atoms with E-state index in [0.29, 0.717) is 0 Å². The van der Waals surface area contributed by atoms with Crippen molar-refractivity contribution in [3.05, 3.63) is 24.0 Å². The Morgan fingerprint density at radius 1 is 1.50 bits per heavy atom. The molecule has 0 atom stereocenters. The van der Waals surface area contributed by atoms with Gasteiger partial charge >= 0.3 is 0 Å². The average molecular weight is 221 g/mol. The highest BCUT2D eigenvalue weighted by Crippen LogP contribution is 2.11. The average Bonchev–Trinajstić information content (AvgIpc) is 2.17. The van der Waals surface area contributed by atoms with Gasteiger partial charge in [-0.2, -0.15) is 0 Å². The summed E-state index contributed by atoms with van der Waals surface area (Å²) in [7, 11) is 0. The van der Waals surface area contributed by atoms with Crippen molar-refractivity contribution < 1.29 is 4.79 Å². The molecule has 4 heteroatoms. The summed E-state index contributed by atoms with van der Waals surface area (Å²) in [5.74, 6) is -0.0417. The first kappa shape index (κ1) is 12.6. The number of anilines is 1. The van der Waals surface area contributed by atoms with Crippen LogP contribution in [0.25, 0.3) is 0 Å². The highest BCUT2D eigenvalue weighted by molar-refractivity contribution is 5.97. The zero-order valence-electron chi connectivity index (χ0n) is 10.3. The van der Waals surface area contributed by atoms with Crippen LogP contribution in [0.5, 0.6) is 0 Å². The van der Waals surface area contributed by atoms with Crippen molar-refractivity contribution in [1.82, 2.24) is 10.3 Å². The summed E-state index contributed by atoms with van der Waals surface area (Å²) in [6, 6.07) is 3.63. The Labute approximate surface area is 96.5 Å². The Bertz CT molecular complexity index is 374. The van der Waals surface area contributed by atoms with E-state index in [-0.39, 0.29) is 5.91 Å². The van der Waals surface area contributed by atoms with E-state index in [2.05, 4.69) is 15.6 Å². The van der Waals surface area contributed by atoms with Crippen molar-refractivity contribution in [1.29, 1.82) is 0 Å². The summed E-state index contributed by atoms with van der Waals surface area (Å²) >= 11 is 0. The Morgan fingerprint density at radius 3 is 2.75 bits per heavy atom. The van der Waals surface area contributed by atoms with Crippen LogP contribution in [0.4, 0.5) is 5.69 Å². The van der Waals surface area contributed by atoms with E-state index >= 15 is 0 Å². The third-order valence-electron chi connectivity index (χ3n) is 2.34. The van der Waals surface area contributed by atoms with Gasteiger partial charge in [0.2, 0.25) is 5.91 Å². The highest BCUT2D eigenvalue weighted by Gasteiger charge is 2.25. The van der Waals surface area contributed by atoms with Crippen LogP contribution in [0.3, 0.4) is 0 Å². The van der Waals surface area contributed by atoms with E-state index in [1.165, 1.54) is 0 Å². The molecule has 4 nitrogen and oxygen atoms in total. The minimum absolute atomic E-state index is 0.0417. The molecule has 0 saturated carbocycles. The molecule has 2 N–H and O–H groups in total. The first-order chi connectivity index (χ1) is 7.45. The van der Waals surface area contributed by atoms with Crippen molar-refractivity contribution in [3.8, 4) is 0 Å². The lowest BCUT2D eigenvalue weighted by Crippen LogP contribution is -2.49. The number of aryl methyl sites for hydroxylation is 1. The van der Waals surface area contributed by atoms with Gasteiger partial charge in [0.25, 0.3) is 0 Å². The van der Waals surface area contributed by atoms with E-state index in [1.807, 2.05) is 33.8 Å². The van der Waals surface area contributed by atoms with Crippen LogP contribution in [0.2, 0.25) is 0 Å². The second-order valence-corrected chi connectivity index (χ2v) is 4.30. The third kappa shape index (κ3) is 3.31. The van der Waals surface area contributed by atoms with Crippen LogP contribution >= 0.6 is 0 Å². The summed E-state index contributed by atoms with van der Waals surface area (Å²) in [5, 5.41) is 6.00. The maximum absolute atomic E-state index is 11.9. The molecule has 88 valence electrons. The minimum atomic E-state index is -0.564. The van der Waals surface area contributed by atoms with Crippen molar-refractivity contribution in [2.45, 2.75) is 33.2 Å². The molecule has 0 aromatic carbocycles. The molecule has 16 heavy (non-hydrogen) atoms. The number of aromatic nitrogens is 1. The smallest absolute Gasteiger partial charge is 0.244 e. The van der Waals surface area contributed by atoms with Gasteiger partial charge < -0.3 is 10.6 Å². The van der Waals surface area contributed by atoms with Crippen LogP contribution in [0.1, 0.15) is 26.5 Å². The summed E-state index contributed by atoms with van der Waals surface area (Å²) in [5.41, 5.74) is 1.11. The Kier molecular flexibility index (Phi) is 4.01. The molecule has 0 aliphatic carbocycles. The molecular weight excluding hydrogens is 202 g/mol. The number of carbonyl (C=O) groups excluding carboxylic acids is 1. The number of likely N-dealkylation sites (N-methyl/N-ethyl adjacent to an activating group) is 1. The third-order valence-corrected chi connectivity index (χ3v) is 2.34. The largest absolute Gasteiger partial charge is 0.324 e. The lowest BCUT2D eigenvalue weighted by atomic mass is 10.0. The lowest BCUT2D eigenvalue weighted by Gasteiger charge is -2.24. The fourth-order valence-corrected chi connectivity index (χ4v) is 1.43. The summed E-state index contributed by atoms with van der Waals surface area (Å²) in [6.45, 7) is 8.35. The van der Waals surface area contributed by atoms with Crippen LogP contribution in [0, 0.1) is 6.92 Å². The fourth-order valence-electron chi connectivity index (χ4n) is 1.43. The number of hydrogen-bond donors (Lipinski definition) is 2. The van der Waals surface area contributed by atoms with Crippen LogP contribution in [-0.4, -0.2) is 23.0 Å². The van der Waals surface area contributed by atoms with Crippen molar-refractivity contribution >= 4 is 11.6 Å². The molecule has 1 rings (SSSR count). The van der Waals surface area contributed by atoms with E-state index in [1.54, 1.807) is 12.3 Å². The number of amides is 1. The van der Waals surface area contributed by atoms with Gasteiger partial charge in [-0.3, -0.25) is 9.78 Å². The van der Waals surface area contributed by atoms with E-state index < -0.39 is 5.54 Å². The van der Waals surface area contributed by atoms with Crippen molar-refractivity contribution in [3.63, 3.8) is 0 Å². The van der Waals surface area contributed by atoms with Gasteiger partial charge in [-0.25, -0.2) is 0 Å². The molecule has 0 saturated heterocycles. The predicted octanol–water partition coefficient (Wildman–Crippen LogP) is 1.72. The van der Waals surface area contributed by atoms with E-state index in [4.69, 9.17) is 0 Å². The van der Waals surface area contributed by atoms with E-state index in [9.17, 15) is 4.79 Å². The number of pyridine rings is 1. The van der Waals surface area contributed by atoms with Crippen LogP contribution < -0.4 is 10.6 Å². The molecule has 0 unspecified atom stereocenters. The number of hydrogen-bond acceptors (Lipinski definition) is 3. The Morgan fingerprint density at radius 2 is 2.19 bits per heavy atom. The second-order valence-electron chi connectivity index (χ2n) is 4.30. The zero-order chi connectivity index (χ0) is 12.2. The van der Waals surface area contributed by atoms with Gasteiger partial charge in [-0.15, -0.1) is 0 Å².